The van der Waals surface area contributed by atoms with Gasteiger partial charge in [-0.3, -0.25) is 9.59 Å². The molecular formula is C26H32N2O5. The van der Waals surface area contributed by atoms with E-state index in [1.54, 1.807) is 37.4 Å². The number of quaternary nitrogens is 1. The second kappa shape index (κ2) is 10.5. The van der Waals surface area contributed by atoms with E-state index in [1.807, 2.05) is 40.1 Å². The van der Waals surface area contributed by atoms with Gasteiger partial charge in [0.1, 0.15) is 11.5 Å². The van der Waals surface area contributed by atoms with E-state index >= 15 is 0 Å². The predicted octanol–water partition coefficient (Wildman–Crippen LogP) is 1.16. The van der Waals surface area contributed by atoms with Gasteiger partial charge in [-0.15, -0.1) is 0 Å². The van der Waals surface area contributed by atoms with Gasteiger partial charge in [-0.1, -0.05) is 24.0 Å². The molecule has 2 aromatic carbocycles. The molecule has 0 saturated carbocycles. The second-order valence-electron chi connectivity index (χ2n) is 8.47. The van der Waals surface area contributed by atoms with Crippen LogP contribution in [0.1, 0.15) is 36.1 Å². The maximum atomic E-state index is 13.5. The van der Waals surface area contributed by atoms with Crippen LogP contribution in [-0.4, -0.2) is 57.5 Å². The number of methoxy groups -OCH3 is 1. The molecule has 0 aliphatic carbocycles. The van der Waals surface area contributed by atoms with Gasteiger partial charge in [-0.2, -0.15) is 0 Å². The van der Waals surface area contributed by atoms with Gasteiger partial charge in [-0.05, 0) is 54.8 Å². The lowest BCUT2D eigenvalue weighted by Gasteiger charge is -2.28. The summed E-state index contributed by atoms with van der Waals surface area (Å²) in [7, 11) is 5.63. The molecule has 3 rings (SSSR count). The number of rotatable bonds is 9. The van der Waals surface area contributed by atoms with Gasteiger partial charge in [0.05, 0.1) is 40.4 Å². The summed E-state index contributed by atoms with van der Waals surface area (Å²) in [5.74, 6) is -0.445. The van der Waals surface area contributed by atoms with Crippen molar-refractivity contribution in [2.75, 3.05) is 40.9 Å². The molecule has 0 spiro atoms. The molecule has 0 bridgehead atoms. The van der Waals surface area contributed by atoms with Crippen LogP contribution >= 0.6 is 0 Å². The Bertz CT molecular complexity index is 1040. The summed E-state index contributed by atoms with van der Waals surface area (Å²) in [6.07, 6.45) is 0.720. The minimum absolute atomic E-state index is 0.00840. The van der Waals surface area contributed by atoms with Crippen LogP contribution in [0.2, 0.25) is 0 Å². The van der Waals surface area contributed by atoms with Crippen LogP contribution in [0.4, 0.5) is 0 Å². The zero-order valence-corrected chi connectivity index (χ0v) is 19.9. The SMILES string of the molecule is CCOc1ccc(C2C(=C([O-])c3ccc(OC)c(C)c3)C(=O)C(=O)N2CCC[NH+](C)C)cc1. The Morgan fingerprint density at radius 2 is 1.82 bits per heavy atom. The van der Waals surface area contributed by atoms with E-state index < -0.39 is 23.5 Å². The molecule has 1 fully saturated rings. The third kappa shape index (κ3) is 5.20. The highest BCUT2D eigenvalue weighted by Gasteiger charge is 2.44. The number of benzene rings is 2. The van der Waals surface area contributed by atoms with Crippen LogP contribution in [0, 0.1) is 6.92 Å². The standard InChI is InChI=1S/C26H32N2O5/c1-6-33-20-11-8-18(9-12-20)23-22(24(29)19-10-13-21(32-5)17(2)16-19)25(30)26(31)28(23)15-7-14-27(3)4/h8-13,16,23,29H,6-7,14-15H2,1-5H3. The van der Waals surface area contributed by atoms with E-state index in [2.05, 4.69) is 0 Å². The Morgan fingerprint density at radius 1 is 1.12 bits per heavy atom. The second-order valence-corrected chi connectivity index (χ2v) is 8.47. The lowest BCUT2D eigenvalue weighted by atomic mass is 9.94. The maximum absolute atomic E-state index is 13.5. The smallest absolute Gasteiger partial charge is 0.295 e. The molecule has 176 valence electrons. The Morgan fingerprint density at radius 3 is 2.39 bits per heavy atom. The predicted molar refractivity (Wildman–Crippen MR) is 124 cm³/mol. The molecule has 7 nitrogen and oxygen atoms in total. The number of hydrogen-bond donors (Lipinski definition) is 1. The van der Waals surface area contributed by atoms with Crippen molar-refractivity contribution in [1.82, 2.24) is 4.90 Å². The molecule has 2 aromatic rings. The fourth-order valence-electron chi connectivity index (χ4n) is 4.14. The molecular weight excluding hydrogens is 420 g/mol. The Labute approximate surface area is 195 Å². The molecule has 7 heteroatoms. The topological polar surface area (TPSA) is 83.3 Å². The summed E-state index contributed by atoms with van der Waals surface area (Å²) in [4.78, 5) is 28.9. The minimum Gasteiger partial charge on any atom is -0.872 e. The number of hydrogen-bond acceptors (Lipinski definition) is 5. The molecule has 1 aliphatic heterocycles. The van der Waals surface area contributed by atoms with Crippen molar-refractivity contribution in [3.05, 3.63) is 64.7 Å². The van der Waals surface area contributed by atoms with Crippen molar-refractivity contribution in [2.24, 2.45) is 0 Å². The highest BCUT2D eigenvalue weighted by molar-refractivity contribution is 6.46. The Balaban J connectivity index is 2.08. The van der Waals surface area contributed by atoms with Gasteiger partial charge in [0.15, 0.2) is 0 Å². The average molecular weight is 453 g/mol. The van der Waals surface area contributed by atoms with Gasteiger partial charge in [-0.25, -0.2) is 0 Å². The molecule has 1 heterocycles. The van der Waals surface area contributed by atoms with E-state index in [4.69, 9.17) is 9.47 Å². The lowest BCUT2D eigenvalue weighted by Crippen LogP contribution is -3.05. The molecule has 0 radical (unpaired) electrons. The normalized spacial score (nSPS) is 17.6. The van der Waals surface area contributed by atoms with Crippen LogP contribution in [0.5, 0.6) is 11.5 Å². The molecule has 1 saturated heterocycles. The number of aryl methyl sites for hydroxylation is 1. The van der Waals surface area contributed by atoms with Gasteiger partial charge in [0, 0.05) is 18.5 Å². The van der Waals surface area contributed by atoms with Crippen molar-refractivity contribution < 1.29 is 29.1 Å². The summed E-state index contributed by atoms with van der Waals surface area (Å²) in [6.45, 7) is 5.51. The van der Waals surface area contributed by atoms with Crippen LogP contribution in [0.25, 0.3) is 5.76 Å². The maximum Gasteiger partial charge on any atom is 0.295 e. The quantitative estimate of drug-likeness (QED) is 0.351. The van der Waals surface area contributed by atoms with E-state index in [0.29, 0.717) is 35.8 Å². The minimum atomic E-state index is -0.732. The Kier molecular flexibility index (Phi) is 7.76. The monoisotopic (exact) mass is 452 g/mol. The van der Waals surface area contributed by atoms with Crippen molar-refractivity contribution >= 4 is 17.4 Å². The first-order valence-electron chi connectivity index (χ1n) is 11.2. The molecule has 1 aliphatic rings. The summed E-state index contributed by atoms with van der Waals surface area (Å²) < 4.78 is 10.8. The summed E-state index contributed by atoms with van der Waals surface area (Å²) >= 11 is 0. The molecule has 1 amide bonds. The first kappa shape index (κ1) is 24.3. The van der Waals surface area contributed by atoms with Crippen molar-refractivity contribution in [2.45, 2.75) is 26.3 Å². The number of Topliss-reactive ketones (excluding diaryl/α,β-unsaturated/α-hetero) is 1. The first-order valence-corrected chi connectivity index (χ1v) is 11.2. The molecule has 0 aromatic heterocycles. The number of ketones is 1. The molecule has 33 heavy (non-hydrogen) atoms. The Hall–Kier alpha value is -3.32. The molecule has 1 unspecified atom stereocenters. The number of nitrogens with zero attached hydrogens (tertiary/aromatic N) is 1. The number of ether oxygens (including phenoxy) is 2. The van der Waals surface area contributed by atoms with Gasteiger partial charge in [0.2, 0.25) is 5.78 Å². The number of carbonyl (C=O) groups is 2. The molecule has 1 N–H and O–H groups in total. The van der Waals surface area contributed by atoms with E-state index in [-0.39, 0.29) is 5.57 Å². The summed E-state index contributed by atoms with van der Waals surface area (Å²) in [5.41, 5.74) is 1.85. The summed E-state index contributed by atoms with van der Waals surface area (Å²) in [5, 5.41) is 13.5. The number of carbonyl (C=O) groups excluding carboxylic acids is 2. The highest BCUT2D eigenvalue weighted by atomic mass is 16.5. The fraction of sp³-hybridized carbons (Fsp3) is 0.385. The number of nitrogens with one attached hydrogen (secondary N) is 1. The molecule has 1 atom stereocenters. The number of amides is 1. The summed E-state index contributed by atoms with van der Waals surface area (Å²) in [6, 6.07) is 11.5. The highest BCUT2D eigenvalue weighted by Crippen LogP contribution is 2.39. The number of likely N-dealkylation sites (tertiary alicyclic amines) is 1. The third-order valence-corrected chi connectivity index (χ3v) is 5.77. The largest absolute Gasteiger partial charge is 0.872 e. The fourth-order valence-corrected chi connectivity index (χ4v) is 4.14. The van der Waals surface area contributed by atoms with E-state index in [0.717, 1.165) is 18.5 Å². The van der Waals surface area contributed by atoms with Gasteiger partial charge < -0.3 is 24.4 Å². The van der Waals surface area contributed by atoms with Crippen molar-refractivity contribution in [3.63, 3.8) is 0 Å². The van der Waals surface area contributed by atoms with Crippen LogP contribution in [0.3, 0.4) is 0 Å². The lowest BCUT2D eigenvalue weighted by molar-refractivity contribution is -0.858. The third-order valence-electron chi connectivity index (χ3n) is 5.77. The zero-order chi connectivity index (χ0) is 24.1. The van der Waals surface area contributed by atoms with Crippen molar-refractivity contribution in [1.29, 1.82) is 0 Å². The van der Waals surface area contributed by atoms with E-state index in [9.17, 15) is 14.7 Å². The van der Waals surface area contributed by atoms with Gasteiger partial charge in [0.25, 0.3) is 5.91 Å². The van der Waals surface area contributed by atoms with Crippen LogP contribution < -0.4 is 19.5 Å². The average Bonchev–Trinajstić information content (AvgIpc) is 3.04. The van der Waals surface area contributed by atoms with Crippen molar-refractivity contribution in [3.8, 4) is 11.5 Å². The van der Waals surface area contributed by atoms with Gasteiger partial charge >= 0.3 is 0 Å². The zero-order valence-electron chi connectivity index (χ0n) is 19.9. The van der Waals surface area contributed by atoms with Crippen LogP contribution in [0.15, 0.2) is 48.0 Å². The van der Waals surface area contributed by atoms with E-state index in [1.165, 1.54) is 9.80 Å². The van der Waals surface area contributed by atoms with Crippen LogP contribution in [-0.2, 0) is 9.59 Å². The first-order chi connectivity index (χ1) is 15.8.